The van der Waals surface area contributed by atoms with Gasteiger partial charge >= 0.3 is 0 Å². The summed E-state index contributed by atoms with van der Waals surface area (Å²) in [6.07, 6.45) is 4.27. The summed E-state index contributed by atoms with van der Waals surface area (Å²) in [5.41, 5.74) is 7.94. The molecule has 2 aliphatic heterocycles. The quantitative estimate of drug-likeness (QED) is 0.374. The molecule has 2 aromatic rings. The molecule has 1 amide bonds. The number of anilines is 1. The summed E-state index contributed by atoms with van der Waals surface area (Å²) in [5.74, 6) is -1.60. The molecule has 11 heteroatoms. The smallest absolute Gasteiger partial charge is 0.241 e. The highest BCUT2D eigenvalue weighted by atomic mass is 32.2. The highest BCUT2D eigenvalue weighted by Crippen LogP contribution is 2.38. The number of carbonyl (C=O) groups is 1. The average Bonchev–Trinajstić information content (AvgIpc) is 3.06. The van der Waals surface area contributed by atoms with Gasteiger partial charge in [-0.05, 0) is 87.1 Å². The molecule has 2 aromatic carbocycles. The van der Waals surface area contributed by atoms with Gasteiger partial charge in [-0.25, -0.2) is 17.2 Å². The van der Waals surface area contributed by atoms with Crippen molar-refractivity contribution in [2.24, 2.45) is 11.7 Å². The van der Waals surface area contributed by atoms with Crippen LogP contribution in [0.3, 0.4) is 0 Å². The summed E-state index contributed by atoms with van der Waals surface area (Å²) in [6, 6.07) is 9.31. The lowest BCUT2D eigenvalue weighted by atomic mass is 9.72. The van der Waals surface area contributed by atoms with Gasteiger partial charge in [0, 0.05) is 42.3 Å². The van der Waals surface area contributed by atoms with E-state index in [1.807, 2.05) is 0 Å². The Balaban J connectivity index is 1.32. The summed E-state index contributed by atoms with van der Waals surface area (Å²) in [5, 5.41) is 16.3. The van der Waals surface area contributed by atoms with Gasteiger partial charge in [0.15, 0.2) is 0 Å². The van der Waals surface area contributed by atoms with Crippen LogP contribution in [0.1, 0.15) is 62.0 Å². The van der Waals surface area contributed by atoms with Crippen LogP contribution >= 0.6 is 0 Å². The number of benzene rings is 2. The molecule has 2 saturated heterocycles. The number of piperazine rings is 1. The van der Waals surface area contributed by atoms with Crippen molar-refractivity contribution in [2.45, 2.75) is 81.5 Å². The number of rotatable bonds is 8. The molecule has 0 spiro atoms. The van der Waals surface area contributed by atoms with Crippen LogP contribution in [0.5, 0.6) is 0 Å². The Morgan fingerprint density at radius 3 is 2.56 bits per heavy atom. The largest absolute Gasteiger partial charge is 0.393 e. The van der Waals surface area contributed by atoms with Gasteiger partial charge in [-0.3, -0.25) is 4.79 Å². The van der Waals surface area contributed by atoms with Gasteiger partial charge in [-0.15, -0.1) is 0 Å². The first-order valence-corrected chi connectivity index (χ1v) is 16.2. The fourth-order valence-electron chi connectivity index (χ4n) is 6.78. The number of carbonyl (C=O) groups excluding carboxylic acids is 1. The Morgan fingerprint density at radius 2 is 1.83 bits per heavy atom. The zero-order valence-electron chi connectivity index (χ0n) is 23.1. The Bertz CT molecular complexity index is 1320. The van der Waals surface area contributed by atoms with E-state index < -0.39 is 33.7 Å². The monoisotopic (exact) mass is 590 g/mol. The number of fused-ring (bicyclic) bond motifs is 2. The predicted molar refractivity (Wildman–Crippen MR) is 154 cm³/mol. The molecule has 8 nitrogen and oxygen atoms in total. The van der Waals surface area contributed by atoms with Crippen LogP contribution in [-0.2, 0) is 21.2 Å². The fraction of sp³-hybridized carbons (Fsp3) is 0.567. The van der Waals surface area contributed by atoms with Crippen molar-refractivity contribution in [3.63, 3.8) is 0 Å². The average molecular weight is 591 g/mol. The van der Waals surface area contributed by atoms with E-state index in [1.54, 1.807) is 22.5 Å². The number of hydrogen-bond acceptors (Lipinski definition) is 6. The SMILES string of the molecule is N[C@H](C(=O)Nc1cccc(F)c1CC[C@H]1CN[C@@H]2CCCS(=O)(=O)N1C2)[C@@H](c1ccc(F)cc1)C1CCC(O)CC1. The minimum absolute atomic E-state index is 0.0230. The Morgan fingerprint density at radius 1 is 1.10 bits per heavy atom. The second-order valence-corrected chi connectivity index (χ2v) is 13.8. The number of sulfonamides is 1. The summed E-state index contributed by atoms with van der Waals surface area (Å²) < 4.78 is 56.1. The van der Waals surface area contributed by atoms with Crippen molar-refractivity contribution in [1.82, 2.24) is 9.62 Å². The van der Waals surface area contributed by atoms with Gasteiger partial charge < -0.3 is 21.5 Å². The molecule has 41 heavy (non-hydrogen) atoms. The molecule has 3 aliphatic rings. The zero-order chi connectivity index (χ0) is 29.1. The first-order valence-electron chi connectivity index (χ1n) is 14.6. The minimum Gasteiger partial charge on any atom is -0.393 e. The third kappa shape index (κ3) is 6.97. The molecule has 2 heterocycles. The molecule has 1 aliphatic carbocycles. The fourth-order valence-corrected chi connectivity index (χ4v) is 8.59. The van der Waals surface area contributed by atoms with E-state index in [2.05, 4.69) is 10.6 Å². The normalized spacial score (nSPS) is 29.2. The van der Waals surface area contributed by atoms with Crippen LogP contribution in [0, 0.1) is 17.6 Å². The van der Waals surface area contributed by atoms with E-state index in [-0.39, 0.29) is 42.1 Å². The number of nitrogens with one attached hydrogen (secondary N) is 2. The van der Waals surface area contributed by atoms with Crippen LogP contribution in [-0.4, -0.2) is 66.8 Å². The van der Waals surface area contributed by atoms with Gasteiger partial charge in [0.05, 0.1) is 17.9 Å². The highest BCUT2D eigenvalue weighted by molar-refractivity contribution is 7.89. The van der Waals surface area contributed by atoms with Gasteiger partial charge in [-0.1, -0.05) is 18.2 Å². The molecule has 0 radical (unpaired) electrons. The lowest BCUT2D eigenvalue weighted by molar-refractivity contribution is -0.118. The summed E-state index contributed by atoms with van der Waals surface area (Å²) in [7, 11) is -3.37. The molecule has 5 N–H and O–H groups in total. The second kappa shape index (κ2) is 12.8. The number of halogens is 2. The maximum atomic E-state index is 15.1. The molecule has 1 unspecified atom stereocenters. The Labute approximate surface area is 240 Å². The van der Waals surface area contributed by atoms with Gasteiger partial charge in [-0.2, -0.15) is 4.31 Å². The number of nitrogens with two attached hydrogens (primary N) is 1. The molecule has 5 atom stereocenters. The molecular formula is C30H40F2N4O4S. The molecule has 2 bridgehead atoms. The van der Waals surface area contributed by atoms with Gasteiger partial charge in [0.25, 0.3) is 0 Å². The predicted octanol–water partition coefficient (Wildman–Crippen LogP) is 3.26. The summed E-state index contributed by atoms with van der Waals surface area (Å²) >= 11 is 0. The van der Waals surface area contributed by atoms with Crippen molar-refractivity contribution in [3.05, 3.63) is 65.2 Å². The minimum atomic E-state index is -3.37. The van der Waals surface area contributed by atoms with E-state index in [9.17, 15) is 22.7 Å². The number of amides is 1. The van der Waals surface area contributed by atoms with Crippen LogP contribution in [0.15, 0.2) is 42.5 Å². The number of aliphatic hydroxyl groups is 1. The van der Waals surface area contributed by atoms with E-state index in [1.165, 1.54) is 24.3 Å². The molecule has 3 fully saturated rings. The van der Waals surface area contributed by atoms with E-state index in [0.29, 0.717) is 62.9 Å². The van der Waals surface area contributed by atoms with Gasteiger partial charge in [0.1, 0.15) is 11.6 Å². The number of hydrogen-bond donors (Lipinski definition) is 4. The molecule has 0 aromatic heterocycles. The number of aliphatic hydroxyl groups excluding tert-OH is 1. The van der Waals surface area contributed by atoms with E-state index in [4.69, 9.17) is 5.73 Å². The van der Waals surface area contributed by atoms with Crippen LogP contribution in [0.4, 0.5) is 14.5 Å². The molecule has 224 valence electrons. The van der Waals surface area contributed by atoms with Crippen molar-refractivity contribution in [3.8, 4) is 0 Å². The van der Waals surface area contributed by atoms with Crippen molar-refractivity contribution < 1.29 is 27.1 Å². The molecule has 5 rings (SSSR count). The summed E-state index contributed by atoms with van der Waals surface area (Å²) in [4.78, 5) is 13.6. The Hall–Kier alpha value is -2.44. The second-order valence-electron chi connectivity index (χ2n) is 11.8. The third-order valence-electron chi connectivity index (χ3n) is 9.06. The highest BCUT2D eigenvalue weighted by Gasteiger charge is 2.38. The maximum absolute atomic E-state index is 15.1. The van der Waals surface area contributed by atoms with E-state index >= 15 is 4.39 Å². The lowest BCUT2D eigenvalue weighted by Crippen LogP contribution is -2.57. The first kappa shape index (κ1) is 30.0. The van der Waals surface area contributed by atoms with Crippen molar-refractivity contribution in [1.29, 1.82) is 0 Å². The van der Waals surface area contributed by atoms with Crippen LogP contribution in [0.25, 0.3) is 0 Å². The standard InChI is InChI=1S/C30H40F2N4O4S/c31-21-10-6-19(7-11-21)28(20-8-13-24(37)14-9-20)29(33)30(38)35-27-5-1-4-26(32)25(27)15-12-23-17-34-22-3-2-16-41(39,40)36(23)18-22/h1,4-7,10-11,20,22-24,28-29,34,37H,2-3,8-9,12-18,33H2,(H,35,38)/t20?,22-,23+,24?,28+,29+/m1/s1. The van der Waals surface area contributed by atoms with Crippen LogP contribution < -0.4 is 16.4 Å². The van der Waals surface area contributed by atoms with Crippen molar-refractivity contribution in [2.75, 3.05) is 24.2 Å². The van der Waals surface area contributed by atoms with Crippen LogP contribution in [0.2, 0.25) is 0 Å². The van der Waals surface area contributed by atoms with E-state index in [0.717, 1.165) is 12.0 Å². The number of nitrogens with zero attached hydrogens (tertiary/aromatic N) is 1. The lowest BCUT2D eigenvalue weighted by Gasteiger charge is -2.37. The maximum Gasteiger partial charge on any atom is 0.241 e. The Kier molecular flexibility index (Phi) is 9.40. The topological polar surface area (TPSA) is 125 Å². The molecule has 1 saturated carbocycles. The zero-order valence-corrected chi connectivity index (χ0v) is 24.0. The summed E-state index contributed by atoms with van der Waals surface area (Å²) in [6.45, 7) is 0.923. The first-order chi connectivity index (χ1) is 19.6. The third-order valence-corrected chi connectivity index (χ3v) is 11.0. The van der Waals surface area contributed by atoms with Gasteiger partial charge in [0.2, 0.25) is 15.9 Å². The van der Waals surface area contributed by atoms with Crippen molar-refractivity contribution >= 4 is 21.6 Å². The molecular weight excluding hydrogens is 550 g/mol.